The topological polar surface area (TPSA) is 46.6 Å². The van der Waals surface area contributed by atoms with Gasteiger partial charge in [0.1, 0.15) is 0 Å². The molecule has 0 spiro atoms. The Balaban J connectivity index is 2.25. The van der Waals surface area contributed by atoms with Gasteiger partial charge in [0.2, 0.25) is 5.91 Å². The Labute approximate surface area is 96.9 Å². The van der Waals surface area contributed by atoms with Crippen LogP contribution in [-0.2, 0) is 14.3 Å². The molecule has 0 aromatic heterocycles. The van der Waals surface area contributed by atoms with E-state index in [0.717, 1.165) is 0 Å². The number of hydrogen-bond donors (Lipinski definition) is 0. The largest absolute Gasteiger partial charge is 0.466 e. The summed E-state index contributed by atoms with van der Waals surface area (Å²) in [6.45, 7) is 4.21. The summed E-state index contributed by atoms with van der Waals surface area (Å²) in [4.78, 5) is 24.6. The Morgan fingerprint density at radius 3 is 2.50 bits per heavy atom. The van der Waals surface area contributed by atoms with Crippen molar-refractivity contribution in [3.05, 3.63) is 0 Å². The van der Waals surface area contributed by atoms with Crippen LogP contribution in [0.25, 0.3) is 0 Å². The number of ether oxygens (including phenoxy) is 1. The minimum atomic E-state index is -0.289. The number of carbonyl (C=O) groups excluding carboxylic acids is 2. The lowest BCUT2D eigenvalue weighted by Crippen LogP contribution is -2.36. The van der Waals surface area contributed by atoms with Gasteiger partial charge in [-0.05, 0) is 32.6 Å². The molecule has 0 aliphatic heterocycles. The summed E-state index contributed by atoms with van der Waals surface area (Å²) in [6, 6.07) is 0.301. The van der Waals surface area contributed by atoms with Crippen molar-refractivity contribution in [1.29, 1.82) is 0 Å². The smallest absolute Gasteiger partial charge is 0.306 e. The first-order chi connectivity index (χ1) is 7.56. The summed E-state index contributed by atoms with van der Waals surface area (Å²) >= 11 is 0. The summed E-state index contributed by atoms with van der Waals surface area (Å²) in [6.07, 6.45) is 2.88. The van der Waals surface area contributed by atoms with E-state index in [1.165, 1.54) is 12.8 Å². The Morgan fingerprint density at radius 2 is 2.00 bits per heavy atom. The fourth-order valence-electron chi connectivity index (χ4n) is 1.74. The maximum absolute atomic E-state index is 11.7. The maximum atomic E-state index is 11.7. The standard InChI is InChI=1S/C12H21NO3/c1-4-16-12(15)8-7-11(14)13(3)9(2)10-5-6-10/h9-10H,4-8H2,1-3H3. The van der Waals surface area contributed by atoms with Gasteiger partial charge in [0.05, 0.1) is 13.0 Å². The van der Waals surface area contributed by atoms with Crippen LogP contribution in [0.3, 0.4) is 0 Å². The Kier molecular flexibility index (Phi) is 4.77. The zero-order chi connectivity index (χ0) is 12.1. The first kappa shape index (κ1) is 13.0. The van der Waals surface area contributed by atoms with Gasteiger partial charge in [-0.1, -0.05) is 0 Å². The van der Waals surface area contributed by atoms with E-state index < -0.39 is 0 Å². The van der Waals surface area contributed by atoms with Gasteiger partial charge in [0.15, 0.2) is 0 Å². The van der Waals surface area contributed by atoms with Gasteiger partial charge < -0.3 is 9.64 Å². The van der Waals surface area contributed by atoms with Crippen molar-refractivity contribution in [2.45, 2.75) is 45.6 Å². The molecule has 1 amide bonds. The van der Waals surface area contributed by atoms with Gasteiger partial charge in [-0.3, -0.25) is 9.59 Å². The van der Waals surface area contributed by atoms with E-state index in [-0.39, 0.29) is 24.7 Å². The minimum Gasteiger partial charge on any atom is -0.466 e. The lowest BCUT2D eigenvalue weighted by Gasteiger charge is -2.24. The first-order valence-electron chi connectivity index (χ1n) is 5.97. The van der Waals surface area contributed by atoms with Crippen LogP contribution in [0.2, 0.25) is 0 Å². The highest BCUT2D eigenvalue weighted by molar-refractivity contribution is 5.81. The fraction of sp³-hybridized carbons (Fsp3) is 0.833. The van der Waals surface area contributed by atoms with E-state index in [9.17, 15) is 9.59 Å². The molecule has 1 atom stereocenters. The van der Waals surface area contributed by atoms with Crippen molar-refractivity contribution < 1.29 is 14.3 Å². The van der Waals surface area contributed by atoms with Crippen LogP contribution >= 0.6 is 0 Å². The number of amides is 1. The molecule has 1 rings (SSSR count). The molecular formula is C12H21NO3. The quantitative estimate of drug-likeness (QED) is 0.647. The van der Waals surface area contributed by atoms with Gasteiger partial charge in [-0.15, -0.1) is 0 Å². The normalized spacial score (nSPS) is 16.7. The van der Waals surface area contributed by atoms with Crippen LogP contribution in [0.5, 0.6) is 0 Å². The molecule has 4 nitrogen and oxygen atoms in total. The van der Waals surface area contributed by atoms with E-state index in [0.29, 0.717) is 18.6 Å². The molecular weight excluding hydrogens is 206 g/mol. The van der Waals surface area contributed by atoms with Crippen molar-refractivity contribution in [3.63, 3.8) is 0 Å². The summed E-state index contributed by atoms with van der Waals surface area (Å²) < 4.78 is 4.78. The van der Waals surface area contributed by atoms with E-state index in [4.69, 9.17) is 4.74 Å². The zero-order valence-corrected chi connectivity index (χ0v) is 10.4. The molecule has 0 N–H and O–H groups in total. The van der Waals surface area contributed by atoms with Crippen molar-refractivity contribution in [3.8, 4) is 0 Å². The Bertz CT molecular complexity index is 261. The molecule has 1 unspecified atom stereocenters. The number of nitrogens with zero attached hydrogens (tertiary/aromatic N) is 1. The van der Waals surface area contributed by atoms with Crippen molar-refractivity contribution in [2.24, 2.45) is 5.92 Å². The van der Waals surface area contributed by atoms with Gasteiger partial charge in [0.25, 0.3) is 0 Å². The van der Waals surface area contributed by atoms with Crippen molar-refractivity contribution in [2.75, 3.05) is 13.7 Å². The maximum Gasteiger partial charge on any atom is 0.306 e. The summed E-state index contributed by atoms with van der Waals surface area (Å²) in [7, 11) is 1.82. The summed E-state index contributed by atoms with van der Waals surface area (Å²) in [5, 5.41) is 0. The third kappa shape index (κ3) is 3.83. The second-order valence-electron chi connectivity index (χ2n) is 4.39. The van der Waals surface area contributed by atoms with Gasteiger partial charge in [0, 0.05) is 19.5 Å². The second kappa shape index (κ2) is 5.87. The average Bonchev–Trinajstić information content (AvgIpc) is 3.08. The lowest BCUT2D eigenvalue weighted by molar-refractivity contribution is -0.145. The molecule has 4 heteroatoms. The number of carbonyl (C=O) groups is 2. The highest BCUT2D eigenvalue weighted by Gasteiger charge is 2.32. The second-order valence-corrected chi connectivity index (χ2v) is 4.39. The summed E-state index contributed by atoms with van der Waals surface area (Å²) in [5.74, 6) is 0.410. The third-order valence-electron chi connectivity index (χ3n) is 3.16. The summed E-state index contributed by atoms with van der Waals surface area (Å²) in [5.41, 5.74) is 0. The molecule has 0 heterocycles. The molecule has 1 aliphatic carbocycles. The number of hydrogen-bond acceptors (Lipinski definition) is 3. The van der Waals surface area contributed by atoms with Crippen LogP contribution < -0.4 is 0 Å². The van der Waals surface area contributed by atoms with E-state index in [1.54, 1.807) is 11.8 Å². The zero-order valence-electron chi connectivity index (χ0n) is 10.4. The predicted octanol–water partition coefficient (Wildman–Crippen LogP) is 1.59. The third-order valence-corrected chi connectivity index (χ3v) is 3.16. The SMILES string of the molecule is CCOC(=O)CCC(=O)N(C)C(C)C1CC1. The van der Waals surface area contributed by atoms with Gasteiger partial charge >= 0.3 is 5.97 Å². The van der Waals surface area contributed by atoms with Crippen molar-refractivity contribution >= 4 is 11.9 Å². The monoisotopic (exact) mass is 227 g/mol. The molecule has 0 aromatic rings. The molecule has 0 saturated heterocycles. The molecule has 1 aliphatic rings. The van der Waals surface area contributed by atoms with E-state index in [2.05, 4.69) is 6.92 Å². The molecule has 1 saturated carbocycles. The number of rotatable bonds is 6. The molecule has 0 radical (unpaired) electrons. The molecule has 1 fully saturated rings. The van der Waals surface area contributed by atoms with Crippen LogP contribution in [0.15, 0.2) is 0 Å². The minimum absolute atomic E-state index is 0.0347. The molecule has 0 bridgehead atoms. The van der Waals surface area contributed by atoms with Gasteiger partial charge in [-0.25, -0.2) is 0 Å². The van der Waals surface area contributed by atoms with Crippen LogP contribution in [0.1, 0.15) is 39.5 Å². The van der Waals surface area contributed by atoms with Crippen LogP contribution in [0, 0.1) is 5.92 Å². The van der Waals surface area contributed by atoms with E-state index in [1.807, 2.05) is 7.05 Å². The fourth-order valence-corrected chi connectivity index (χ4v) is 1.74. The molecule has 16 heavy (non-hydrogen) atoms. The highest BCUT2D eigenvalue weighted by Crippen LogP contribution is 2.34. The molecule has 0 aromatic carbocycles. The van der Waals surface area contributed by atoms with Gasteiger partial charge in [-0.2, -0.15) is 0 Å². The number of esters is 1. The lowest BCUT2D eigenvalue weighted by atomic mass is 10.1. The van der Waals surface area contributed by atoms with Crippen LogP contribution in [-0.4, -0.2) is 36.5 Å². The highest BCUT2D eigenvalue weighted by atomic mass is 16.5. The Hall–Kier alpha value is -1.06. The molecule has 92 valence electrons. The van der Waals surface area contributed by atoms with Crippen LogP contribution in [0.4, 0.5) is 0 Å². The van der Waals surface area contributed by atoms with Crippen molar-refractivity contribution in [1.82, 2.24) is 4.90 Å². The Morgan fingerprint density at radius 1 is 1.38 bits per heavy atom. The first-order valence-corrected chi connectivity index (χ1v) is 5.97. The van der Waals surface area contributed by atoms with E-state index >= 15 is 0 Å². The average molecular weight is 227 g/mol. The predicted molar refractivity (Wildman–Crippen MR) is 60.8 cm³/mol.